The second-order valence-corrected chi connectivity index (χ2v) is 7.65. The monoisotopic (exact) mass is 443 g/mol. The molecule has 1 aromatic heterocycles. The normalized spacial score (nSPS) is 11.2. The molecular formula is C26H25N3O4. The van der Waals surface area contributed by atoms with Gasteiger partial charge in [0, 0.05) is 5.39 Å². The molecule has 4 rings (SSSR count). The highest BCUT2D eigenvalue weighted by Crippen LogP contribution is 2.38. The van der Waals surface area contributed by atoms with E-state index < -0.39 is 5.91 Å². The number of aryl methyl sites for hydroxylation is 2. The van der Waals surface area contributed by atoms with E-state index >= 15 is 0 Å². The van der Waals surface area contributed by atoms with E-state index in [1.807, 2.05) is 80.6 Å². The van der Waals surface area contributed by atoms with Crippen LogP contribution in [0.2, 0.25) is 0 Å². The van der Waals surface area contributed by atoms with Gasteiger partial charge in [0.05, 0.1) is 12.1 Å². The number of azo groups is 1. The smallest absolute Gasteiger partial charge is 0.302 e. The molecule has 7 nitrogen and oxygen atoms in total. The Labute approximate surface area is 191 Å². The molecule has 0 aliphatic heterocycles. The molecule has 1 N–H and O–H groups in total. The molecule has 7 heteroatoms. The van der Waals surface area contributed by atoms with Crippen LogP contribution in [-0.4, -0.2) is 28.8 Å². The Morgan fingerprint density at radius 1 is 0.970 bits per heavy atom. The van der Waals surface area contributed by atoms with Gasteiger partial charge >= 0.3 is 5.91 Å². The number of carbonyl (C=O) groups is 1. The van der Waals surface area contributed by atoms with Crippen molar-refractivity contribution in [2.75, 3.05) is 13.2 Å². The summed E-state index contributed by atoms with van der Waals surface area (Å²) < 4.78 is 13.1. The number of hydrogen-bond donors (Lipinski definition) is 1. The van der Waals surface area contributed by atoms with Crippen molar-refractivity contribution in [3.63, 3.8) is 0 Å². The van der Waals surface area contributed by atoms with Crippen LogP contribution in [-0.2, 0) is 11.3 Å². The van der Waals surface area contributed by atoms with E-state index in [9.17, 15) is 9.90 Å². The van der Waals surface area contributed by atoms with E-state index in [2.05, 4.69) is 10.2 Å². The summed E-state index contributed by atoms with van der Waals surface area (Å²) in [6, 6.07) is 22.6. The van der Waals surface area contributed by atoms with Gasteiger partial charge in [-0.1, -0.05) is 48.5 Å². The predicted octanol–water partition coefficient (Wildman–Crippen LogP) is 5.73. The molecule has 0 saturated carbocycles. The standard InChI is InChI=1S/C26H25N3O4/c1-18-8-7-10-20(16-18)32-15-14-29-22-12-5-4-11-21(22)25(26(29)31)28-27-24(30)17-33-23-13-6-3-9-19(23)2/h3-13,16,31H,14-15,17H2,1-2H3. The molecule has 0 fully saturated rings. The van der Waals surface area contributed by atoms with Crippen LogP contribution < -0.4 is 9.47 Å². The van der Waals surface area contributed by atoms with E-state index in [1.165, 1.54) is 0 Å². The first-order chi connectivity index (χ1) is 16.0. The van der Waals surface area contributed by atoms with Crippen LogP contribution in [0.3, 0.4) is 0 Å². The maximum atomic E-state index is 12.2. The van der Waals surface area contributed by atoms with Gasteiger partial charge < -0.3 is 19.1 Å². The number of nitrogens with zero attached hydrogens (tertiary/aromatic N) is 3. The van der Waals surface area contributed by atoms with Gasteiger partial charge in [-0.15, -0.1) is 10.2 Å². The Morgan fingerprint density at radius 2 is 1.76 bits per heavy atom. The SMILES string of the molecule is Cc1cccc(OCCn2c(O)c(N=NC(=O)COc3ccccc3C)c3ccccc32)c1. The van der Waals surface area contributed by atoms with Crippen LogP contribution in [0.5, 0.6) is 17.4 Å². The van der Waals surface area contributed by atoms with Crippen LogP contribution in [0, 0.1) is 13.8 Å². The lowest BCUT2D eigenvalue weighted by Gasteiger charge is -2.09. The van der Waals surface area contributed by atoms with Crippen LogP contribution in [0.4, 0.5) is 5.69 Å². The summed E-state index contributed by atoms with van der Waals surface area (Å²) in [5.74, 6) is 0.775. The number of hydrogen-bond acceptors (Lipinski definition) is 5. The molecule has 168 valence electrons. The van der Waals surface area contributed by atoms with Gasteiger partial charge in [0.15, 0.2) is 12.3 Å². The lowest BCUT2D eigenvalue weighted by atomic mass is 10.2. The molecule has 0 radical (unpaired) electrons. The Morgan fingerprint density at radius 3 is 2.58 bits per heavy atom. The number of carbonyl (C=O) groups excluding carboxylic acids is 1. The molecule has 0 bridgehead atoms. The highest BCUT2D eigenvalue weighted by atomic mass is 16.5. The average Bonchev–Trinajstić information content (AvgIpc) is 3.08. The van der Waals surface area contributed by atoms with E-state index in [0.29, 0.717) is 24.3 Å². The minimum Gasteiger partial charge on any atom is -0.493 e. The second kappa shape index (κ2) is 9.99. The number of aromatic nitrogens is 1. The molecule has 3 aromatic carbocycles. The number of aromatic hydroxyl groups is 1. The predicted molar refractivity (Wildman–Crippen MR) is 126 cm³/mol. The topological polar surface area (TPSA) is 85.4 Å². The molecule has 0 saturated heterocycles. The zero-order valence-electron chi connectivity index (χ0n) is 18.6. The third kappa shape index (κ3) is 5.20. The lowest BCUT2D eigenvalue weighted by Crippen LogP contribution is -2.08. The van der Waals surface area contributed by atoms with Crippen LogP contribution in [0.15, 0.2) is 83.0 Å². The van der Waals surface area contributed by atoms with E-state index in [-0.39, 0.29) is 18.2 Å². The van der Waals surface area contributed by atoms with Gasteiger partial charge in [-0.25, -0.2) is 0 Å². The van der Waals surface area contributed by atoms with Crippen LogP contribution in [0.1, 0.15) is 11.1 Å². The summed E-state index contributed by atoms with van der Waals surface area (Å²) in [6.07, 6.45) is 0. The molecule has 1 heterocycles. The van der Waals surface area contributed by atoms with E-state index in [4.69, 9.17) is 9.47 Å². The summed E-state index contributed by atoms with van der Waals surface area (Å²) in [5, 5.41) is 19.3. The molecule has 1 amide bonds. The molecule has 33 heavy (non-hydrogen) atoms. The zero-order valence-corrected chi connectivity index (χ0v) is 18.6. The van der Waals surface area contributed by atoms with Crippen molar-refractivity contribution in [3.8, 4) is 17.4 Å². The summed E-state index contributed by atoms with van der Waals surface area (Å²) in [4.78, 5) is 12.2. The second-order valence-electron chi connectivity index (χ2n) is 7.65. The van der Waals surface area contributed by atoms with Crippen molar-refractivity contribution >= 4 is 22.5 Å². The lowest BCUT2D eigenvalue weighted by molar-refractivity contribution is -0.120. The molecule has 0 spiro atoms. The number of para-hydroxylation sites is 2. The fourth-order valence-electron chi connectivity index (χ4n) is 3.55. The van der Waals surface area contributed by atoms with E-state index in [1.54, 1.807) is 10.6 Å². The Balaban J connectivity index is 1.47. The van der Waals surface area contributed by atoms with Crippen molar-refractivity contribution in [1.82, 2.24) is 4.57 Å². The number of ether oxygens (including phenoxy) is 2. The van der Waals surface area contributed by atoms with E-state index in [0.717, 1.165) is 22.4 Å². The van der Waals surface area contributed by atoms with Crippen LogP contribution >= 0.6 is 0 Å². The fourth-order valence-corrected chi connectivity index (χ4v) is 3.55. The number of benzene rings is 3. The largest absolute Gasteiger partial charge is 0.493 e. The molecule has 0 unspecified atom stereocenters. The summed E-state index contributed by atoms with van der Waals surface area (Å²) >= 11 is 0. The first kappa shape index (κ1) is 22.1. The molecule has 0 aliphatic carbocycles. The average molecular weight is 444 g/mol. The van der Waals surface area contributed by atoms with Gasteiger partial charge in [0.1, 0.15) is 18.1 Å². The highest BCUT2D eigenvalue weighted by molar-refractivity contribution is 5.95. The summed E-state index contributed by atoms with van der Waals surface area (Å²) in [7, 11) is 0. The third-order valence-electron chi connectivity index (χ3n) is 5.20. The minimum absolute atomic E-state index is 0.0691. The van der Waals surface area contributed by atoms with Gasteiger partial charge in [-0.05, 0) is 49.2 Å². The molecular weight excluding hydrogens is 418 g/mol. The van der Waals surface area contributed by atoms with Crippen molar-refractivity contribution < 1.29 is 19.4 Å². The van der Waals surface area contributed by atoms with Gasteiger partial charge in [0.25, 0.3) is 0 Å². The van der Waals surface area contributed by atoms with Crippen molar-refractivity contribution in [3.05, 3.63) is 83.9 Å². The van der Waals surface area contributed by atoms with Gasteiger partial charge in [-0.3, -0.25) is 4.79 Å². The third-order valence-corrected chi connectivity index (χ3v) is 5.20. The Hall–Kier alpha value is -4.13. The number of rotatable bonds is 8. The number of fused-ring (bicyclic) bond motifs is 1. The zero-order chi connectivity index (χ0) is 23.2. The minimum atomic E-state index is -0.544. The highest BCUT2D eigenvalue weighted by Gasteiger charge is 2.17. The Bertz CT molecular complexity index is 1310. The molecule has 4 aromatic rings. The quantitative estimate of drug-likeness (QED) is 0.352. The van der Waals surface area contributed by atoms with Crippen molar-refractivity contribution in [1.29, 1.82) is 0 Å². The Kier molecular flexibility index (Phi) is 6.69. The summed E-state index contributed by atoms with van der Waals surface area (Å²) in [5.41, 5.74) is 3.06. The first-order valence-corrected chi connectivity index (χ1v) is 10.7. The first-order valence-electron chi connectivity index (χ1n) is 10.7. The molecule has 0 atom stereocenters. The maximum Gasteiger partial charge on any atom is 0.302 e. The van der Waals surface area contributed by atoms with Crippen molar-refractivity contribution in [2.45, 2.75) is 20.4 Å². The van der Waals surface area contributed by atoms with Crippen molar-refractivity contribution in [2.24, 2.45) is 10.2 Å². The summed E-state index contributed by atoms with van der Waals surface area (Å²) in [6.45, 7) is 4.42. The fraction of sp³-hybridized carbons (Fsp3) is 0.192. The van der Waals surface area contributed by atoms with Gasteiger partial charge in [0.2, 0.25) is 5.88 Å². The van der Waals surface area contributed by atoms with Gasteiger partial charge in [-0.2, -0.15) is 0 Å². The maximum absolute atomic E-state index is 12.2. The number of amides is 1. The molecule has 0 aliphatic rings. The van der Waals surface area contributed by atoms with Crippen LogP contribution in [0.25, 0.3) is 10.9 Å².